The van der Waals surface area contributed by atoms with Gasteiger partial charge in [0.25, 0.3) is 0 Å². The third-order valence-corrected chi connectivity index (χ3v) is 2.56. The molecule has 0 heterocycles. The maximum absolute atomic E-state index is 11.8. The van der Waals surface area contributed by atoms with Crippen molar-refractivity contribution in [2.24, 2.45) is 0 Å². The predicted octanol–water partition coefficient (Wildman–Crippen LogP) is 3.33. The predicted molar refractivity (Wildman–Crippen MR) is 71.2 cm³/mol. The maximum atomic E-state index is 11.8. The fraction of sp³-hybridized carbons (Fsp3) is 0.467. The molecule has 0 fully saturated rings. The lowest BCUT2D eigenvalue weighted by atomic mass is 10.0. The molecule has 0 saturated heterocycles. The summed E-state index contributed by atoms with van der Waals surface area (Å²) in [6, 6.07) is 5.39. The highest BCUT2D eigenvalue weighted by atomic mass is 16.5. The Bertz CT molecular complexity index is 447. The van der Waals surface area contributed by atoms with Crippen LogP contribution in [0.25, 0.3) is 0 Å². The number of hydrogen-bond donors (Lipinski definition) is 0. The molecule has 0 atom stereocenters. The number of hydrogen-bond acceptors (Lipinski definition) is 3. The van der Waals surface area contributed by atoms with Crippen LogP contribution in [0, 0.1) is 6.92 Å². The van der Waals surface area contributed by atoms with Crippen LogP contribution < -0.4 is 4.74 Å². The highest BCUT2D eigenvalue weighted by Crippen LogP contribution is 2.21. The SMILES string of the molecule is CC(=O)CCC(=O)c1ccc(OC(C)C)c(C)c1. The molecule has 98 valence electrons. The van der Waals surface area contributed by atoms with Crippen LogP contribution in [-0.2, 0) is 4.79 Å². The Kier molecular flexibility index (Phi) is 5.08. The van der Waals surface area contributed by atoms with Crippen LogP contribution in [-0.4, -0.2) is 17.7 Å². The molecule has 3 nitrogen and oxygen atoms in total. The van der Waals surface area contributed by atoms with Crippen molar-refractivity contribution in [3.63, 3.8) is 0 Å². The summed E-state index contributed by atoms with van der Waals surface area (Å²) in [6.45, 7) is 7.34. The minimum absolute atomic E-state index is 0.00407. The van der Waals surface area contributed by atoms with Gasteiger partial charge in [0.15, 0.2) is 5.78 Å². The van der Waals surface area contributed by atoms with Crippen molar-refractivity contribution in [1.29, 1.82) is 0 Å². The molecule has 1 aromatic carbocycles. The highest BCUT2D eigenvalue weighted by molar-refractivity contribution is 5.98. The highest BCUT2D eigenvalue weighted by Gasteiger charge is 2.10. The van der Waals surface area contributed by atoms with E-state index in [1.54, 1.807) is 6.07 Å². The van der Waals surface area contributed by atoms with Gasteiger partial charge < -0.3 is 9.53 Å². The topological polar surface area (TPSA) is 43.4 Å². The largest absolute Gasteiger partial charge is 0.491 e. The van der Waals surface area contributed by atoms with Crippen molar-refractivity contribution >= 4 is 11.6 Å². The zero-order valence-electron chi connectivity index (χ0n) is 11.4. The molecule has 0 unspecified atom stereocenters. The lowest BCUT2D eigenvalue weighted by Gasteiger charge is -2.13. The van der Waals surface area contributed by atoms with Crippen LogP contribution in [0.1, 0.15) is 49.5 Å². The van der Waals surface area contributed by atoms with E-state index >= 15 is 0 Å². The zero-order valence-corrected chi connectivity index (χ0v) is 11.4. The summed E-state index contributed by atoms with van der Waals surface area (Å²) in [7, 11) is 0. The third-order valence-electron chi connectivity index (χ3n) is 2.56. The molecule has 0 bridgehead atoms. The summed E-state index contributed by atoms with van der Waals surface area (Å²) in [4.78, 5) is 22.7. The van der Waals surface area contributed by atoms with Gasteiger partial charge in [0.1, 0.15) is 11.5 Å². The number of carbonyl (C=O) groups excluding carboxylic acids is 2. The summed E-state index contributed by atoms with van der Waals surface area (Å²) in [5.41, 5.74) is 1.59. The Hall–Kier alpha value is -1.64. The summed E-state index contributed by atoms with van der Waals surface area (Å²) >= 11 is 0. The van der Waals surface area contributed by atoms with E-state index in [-0.39, 0.29) is 24.1 Å². The second-order valence-electron chi connectivity index (χ2n) is 4.77. The number of rotatable bonds is 6. The van der Waals surface area contributed by atoms with Gasteiger partial charge in [-0.2, -0.15) is 0 Å². The molecule has 0 radical (unpaired) electrons. The van der Waals surface area contributed by atoms with Gasteiger partial charge in [0.2, 0.25) is 0 Å². The van der Waals surface area contributed by atoms with Crippen LogP contribution in [0.3, 0.4) is 0 Å². The quantitative estimate of drug-likeness (QED) is 0.725. The first-order valence-electron chi connectivity index (χ1n) is 6.20. The van der Waals surface area contributed by atoms with Crippen molar-refractivity contribution in [2.45, 2.75) is 46.6 Å². The monoisotopic (exact) mass is 248 g/mol. The van der Waals surface area contributed by atoms with Crippen molar-refractivity contribution < 1.29 is 14.3 Å². The van der Waals surface area contributed by atoms with Crippen molar-refractivity contribution in [3.05, 3.63) is 29.3 Å². The summed E-state index contributed by atoms with van der Waals surface area (Å²) in [5, 5.41) is 0. The Morgan fingerprint density at radius 1 is 1.22 bits per heavy atom. The smallest absolute Gasteiger partial charge is 0.163 e. The van der Waals surface area contributed by atoms with E-state index in [1.807, 2.05) is 32.9 Å². The third kappa shape index (κ3) is 4.32. The van der Waals surface area contributed by atoms with Crippen molar-refractivity contribution in [2.75, 3.05) is 0 Å². The molecule has 1 aromatic rings. The van der Waals surface area contributed by atoms with Gasteiger partial charge in [-0.3, -0.25) is 4.79 Å². The van der Waals surface area contributed by atoms with E-state index < -0.39 is 0 Å². The normalized spacial score (nSPS) is 10.5. The molecule has 3 heteroatoms. The molecule has 0 aliphatic heterocycles. The van der Waals surface area contributed by atoms with Crippen LogP contribution in [0.4, 0.5) is 0 Å². The van der Waals surface area contributed by atoms with Gasteiger partial charge >= 0.3 is 0 Å². The molecule has 0 spiro atoms. The zero-order chi connectivity index (χ0) is 13.7. The number of Topliss-reactive ketones (excluding diaryl/α,β-unsaturated/α-hetero) is 2. The molecule has 0 aliphatic carbocycles. The van der Waals surface area contributed by atoms with Crippen LogP contribution in [0.2, 0.25) is 0 Å². The van der Waals surface area contributed by atoms with Gasteiger partial charge in [-0.1, -0.05) is 0 Å². The fourth-order valence-electron chi connectivity index (χ4n) is 1.64. The average molecular weight is 248 g/mol. The second kappa shape index (κ2) is 6.34. The summed E-state index contributed by atoms with van der Waals surface area (Å²) in [5.74, 6) is 0.845. The van der Waals surface area contributed by atoms with E-state index in [0.717, 1.165) is 11.3 Å². The number of carbonyl (C=O) groups is 2. The maximum Gasteiger partial charge on any atom is 0.163 e. The molecule has 0 N–H and O–H groups in total. The molecular weight excluding hydrogens is 228 g/mol. The van der Waals surface area contributed by atoms with Gasteiger partial charge in [0.05, 0.1) is 6.10 Å². The van der Waals surface area contributed by atoms with Crippen LogP contribution in [0.15, 0.2) is 18.2 Å². The first-order chi connectivity index (χ1) is 8.40. The Morgan fingerprint density at radius 2 is 1.89 bits per heavy atom. The van der Waals surface area contributed by atoms with Gasteiger partial charge in [-0.05, 0) is 51.5 Å². The Morgan fingerprint density at radius 3 is 2.39 bits per heavy atom. The number of ether oxygens (including phenoxy) is 1. The molecule has 0 aromatic heterocycles. The lowest BCUT2D eigenvalue weighted by Crippen LogP contribution is -2.08. The van der Waals surface area contributed by atoms with E-state index in [4.69, 9.17) is 4.74 Å². The minimum atomic E-state index is 0.00407. The number of ketones is 2. The van der Waals surface area contributed by atoms with Crippen molar-refractivity contribution in [3.8, 4) is 5.75 Å². The Labute approximate surface area is 108 Å². The van der Waals surface area contributed by atoms with Crippen molar-refractivity contribution in [1.82, 2.24) is 0 Å². The lowest BCUT2D eigenvalue weighted by molar-refractivity contribution is -0.116. The summed E-state index contributed by atoms with van der Waals surface area (Å²) in [6.07, 6.45) is 0.698. The van der Waals surface area contributed by atoms with Gasteiger partial charge in [0, 0.05) is 18.4 Å². The van der Waals surface area contributed by atoms with Crippen LogP contribution >= 0.6 is 0 Å². The number of benzene rings is 1. The minimum Gasteiger partial charge on any atom is -0.491 e. The standard InChI is InChI=1S/C15H20O3/c1-10(2)18-15-8-6-13(9-11(15)3)14(17)7-5-12(4)16/h6,8-10H,5,7H2,1-4H3. The number of aryl methyl sites for hydroxylation is 1. The fourth-order valence-corrected chi connectivity index (χ4v) is 1.64. The Balaban J connectivity index is 2.77. The molecular formula is C15H20O3. The first-order valence-corrected chi connectivity index (χ1v) is 6.20. The molecule has 0 amide bonds. The van der Waals surface area contributed by atoms with E-state index in [0.29, 0.717) is 12.0 Å². The first kappa shape index (κ1) is 14.4. The average Bonchev–Trinajstić information content (AvgIpc) is 2.28. The molecule has 18 heavy (non-hydrogen) atoms. The summed E-state index contributed by atoms with van der Waals surface area (Å²) < 4.78 is 5.61. The van der Waals surface area contributed by atoms with E-state index in [9.17, 15) is 9.59 Å². The molecule has 1 rings (SSSR count). The second-order valence-corrected chi connectivity index (χ2v) is 4.77. The van der Waals surface area contributed by atoms with E-state index in [1.165, 1.54) is 6.92 Å². The van der Waals surface area contributed by atoms with Gasteiger partial charge in [-0.25, -0.2) is 0 Å². The van der Waals surface area contributed by atoms with E-state index in [2.05, 4.69) is 0 Å². The molecule has 0 saturated carbocycles. The van der Waals surface area contributed by atoms with Crippen LogP contribution in [0.5, 0.6) is 5.75 Å². The molecule has 0 aliphatic rings. The van der Waals surface area contributed by atoms with Gasteiger partial charge in [-0.15, -0.1) is 0 Å².